The van der Waals surface area contributed by atoms with Crippen molar-refractivity contribution in [1.29, 1.82) is 0 Å². The summed E-state index contributed by atoms with van der Waals surface area (Å²) >= 11 is 9.53. The van der Waals surface area contributed by atoms with Gasteiger partial charge in [-0.2, -0.15) is 0 Å². The van der Waals surface area contributed by atoms with Crippen molar-refractivity contribution in [1.82, 2.24) is 10.4 Å². The lowest BCUT2D eigenvalue weighted by Gasteiger charge is -1.94. The van der Waals surface area contributed by atoms with Crippen LogP contribution in [-0.4, -0.2) is 16.2 Å². The number of halogens is 2. The Balaban J connectivity index is 0.000000424. The van der Waals surface area contributed by atoms with Gasteiger partial charge in [-0.05, 0) is 12.1 Å². The van der Waals surface area contributed by atoms with Gasteiger partial charge >= 0.3 is 0 Å². The number of carbonyl (C=O) groups excluding carboxylic acids is 1. The van der Waals surface area contributed by atoms with Crippen LogP contribution in [0, 0.1) is 0 Å². The molecule has 0 aliphatic heterocycles. The minimum Gasteiger partial charge on any atom is -0.289 e. The Morgan fingerprint density at radius 3 is 2.54 bits per heavy atom. The van der Waals surface area contributed by atoms with Crippen LogP contribution in [0.15, 0.2) is 24.4 Å². The summed E-state index contributed by atoms with van der Waals surface area (Å²) in [4.78, 5) is 14.5. The molecule has 3 N–H and O–H groups in total. The average molecular weight is 222 g/mol. The molecule has 6 heteroatoms. The molecule has 1 amide bonds. The van der Waals surface area contributed by atoms with Gasteiger partial charge in [0, 0.05) is 6.20 Å². The molecule has 0 bridgehead atoms. The maximum absolute atomic E-state index is 10.7. The van der Waals surface area contributed by atoms with Crippen molar-refractivity contribution in [3.63, 3.8) is 0 Å². The van der Waals surface area contributed by atoms with Gasteiger partial charge in [-0.1, -0.05) is 6.07 Å². The Morgan fingerprint density at radius 2 is 2.15 bits per heavy atom. The molecule has 0 aromatic carbocycles. The second-order valence-electron chi connectivity index (χ2n) is 1.79. The van der Waals surface area contributed by atoms with Crippen molar-refractivity contribution in [3.05, 3.63) is 30.1 Å². The molecule has 0 aliphatic carbocycles. The average Bonchev–Trinajstić information content (AvgIpc) is 2.19. The van der Waals surface area contributed by atoms with Crippen molar-refractivity contribution in [2.45, 2.75) is 0 Å². The van der Waals surface area contributed by atoms with E-state index in [1.54, 1.807) is 18.2 Å². The summed E-state index contributed by atoms with van der Waals surface area (Å²) in [6, 6.07) is 5.03. The summed E-state index contributed by atoms with van der Waals surface area (Å²) in [5, 5.41) is 0.194. The number of rotatable bonds is 1. The van der Waals surface area contributed by atoms with Gasteiger partial charge in [-0.15, -0.1) is 23.2 Å². The fraction of sp³-hybridized carbons (Fsp3) is 0.143. The molecular weight excluding hydrogens is 213 g/mol. The molecule has 1 heterocycles. The van der Waals surface area contributed by atoms with E-state index in [9.17, 15) is 4.79 Å². The van der Waals surface area contributed by atoms with Gasteiger partial charge in [0.25, 0.3) is 5.91 Å². The van der Waals surface area contributed by atoms with Crippen molar-refractivity contribution in [3.8, 4) is 0 Å². The molecule has 72 valence electrons. The van der Waals surface area contributed by atoms with Gasteiger partial charge in [-0.25, -0.2) is 5.84 Å². The number of amides is 1. The van der Waals surface area contributed by atoms with Crippen molar-refractivity contribution >= 4 is 29.1 Å². The lowest BCUT2D eigenvalue weighted by Crippen LogP contribution is -2.30. The molecule has 1 aromatic heterocycles. The van der Waals surface area contributed by atoms with E-state index in [4.69, 9.17) is 29.0 Å². The Hall–Kier alpha value is -0.840. The van der Waals surface area contributed by atoms with Gasteiger partial charge < -0.3 is 0 Å². The second kappa shape index (κ2) is 7.79. The number of nitrogen functional groups attached to an aromatic ring is 1. The van der Waals surface area contributed by atoms with E-state index < -0.39 is 0 Å². The molecule has 1 rings (SSSR count). The first-order valence-electron chi connectivity index (χ1n) is 3.30. The Bertz CT molecular complexity index is 243. The third-order valence-corrected chi connectivity index (χ3v) is 1.03. The van der Waals surface area contributed by atoms with Crippen molar-refractivity contribution in [2.75, 3.05) is 5.34 Å². The first-order chi connectivity index (χ1) is 6.26. The number of aromatic nitrogens is 1. The summed E-state index contributed by atoms with van der Waals surface area (Å²) in [6.45, 7) is 0. The van der Waals surface area contributed by atoms with Crippen LogP contribution in [0.2, 0.25) is 0 Å². The number of hydrogen-bond acceptors (Lipinski definition) is 3. The maximum atomic E-state index is 10.7. The molecular formula is C7H9Cl2N3O. The fourth-order valence-electron chi connectivity index (χ4n) is 0.571. The Kier molecular flexibility index (Phi) is 7.29. The standard InChI is InChI=1S/C6H7N3O.CH2Cl2/c7-9-6(10)5-3-1-2-4-8-5;2-1-3/h1-4H,7H2,(H,9,10);1H2. The number of nitrogens with one attached hydrogen (secondary N) is 1. The van der Waals surface area contributed by atoms with E-state index in [1.807, 2.05) is 5.43 Å². The van der Waals surface area contributed by atoms with Crippen LogP contribution in [0.5, 0.6) is 0 Å². The number of nitrogens with two attached hydrogens (primary N) is 1. The van der Waals surface area contributed by atoms with E-state index in [1.165, 1.54) is 6.20 Å². The van der Waals surface area contributed by atoms with Crippen LogP contribution in [0.4, 0.5) is 0 Å². The molecule has 0 radical (unpaired) electrons. The zero-order chi connectivity index (χ0) is 10.1. The monoisotopic (exact) mass is 221 g/mol. The Labute approximate surface area is 86.0 Å². The van der Waals surface area contributed by atoms with Crippen molar-refractivity contribution in [2.24, 2.45) is 5.84 Å². The van der Waals surface area contributed by atoms with Crippen molar-refractivity contribution < 1.29 is 4.79 Å². The molecule has 0 unspecified atom stereocenters. The minimum atomic E-state index is -0.374. The van der Waals surface area contributed by atoms with Gasteiger partial charge in [0.15, 0.2) is 0 Å². The highest BCUT2D eigenvalue weighted by Gasteiger charge is 2.00. The summed E-state index contributed by atoms with van der Waals surface area (Å²) in [7, 11) is 0. The predicted octanol–water partition coefficient (Wildman–Crippen LogP) is 1.11. The van der Waals surface area contributed by atoms with E-state index in [0.717, 1.165) is 0 Å². The smallest absolute Gasteiger partial charge is 0.283 e. The quantitative estimate of drug-likeness (QED) is 0.323. The number of nitrogens with zero attached hydrogens (tertiary/aromatic N) is 1. The number of carbonyl (C=O) groups is 1. The first kappa shape index (κ1) is 12.2. The number of alkyl halides is 2. The zero-order valence-corrected chi connectivity index (χ0v) is 8.22. The molecule has 1 aromatic rings. The van der Waals surface area contributed by atoms with Crippen LogP contribution < -0.4 is 11.3 Å². The van der Waals surface area contributed by atoms with E-state index >= 15 is 0 Å². The summed E-state index contributed by atoms with van der Waals surface area (Å²) in [6.07, 6.45) is 1.53. The van der Waals surface area contributed by atoms with E-state index in [-0.39, 0.29) is 11.2 Å². The van der Waals surface area contributed by atoms with Gasteiger partial charge in [0.05, 0.1) is 5.34 Å². The first-order valence-corrected chi connectivity index (χ1v) is 4.37. The van der Waals surface area contributed by atoms with Gasteiger partial charge in [-0.3, -0.25) is 15.2 Å². The number of hydrogen-bond donors (Lipinski definition) is 2. The van der Waals surface area contributed by atoms with E-state index in [0.29, 0.717) is 5.69 Å². The SMILES string of the molecule is ClCCl.NNC(=O)c1ccccn1. The molecule has 0 saturated heterocycles. The topological polar surface area (TPSA) is 68.0 Å². The molecule has 0 atom stereocenters. The lowest BCUT2D eigenvalue weighted by molar-refractivity contribution is 0.0948. The summed E-state index contributed by atoms with van der Waals surface area (Å²) in [5.74, 6) is 4.49. The molecule has 13 heavy (non-hydrogen) atoms. The third kappa shape index (κ3) is 5.41. The predicted molar refractivity (Wildman–Crippen MR) is 52.5 cm³/mol. The fourth-order valence-corrected chi connectivity index (χ4v) is 0.571. The van der Waals surface area contributed by atoms with Gasteiger partial charge in [0.2, 0.25) is 0 Å². The highest BCUT2D eigenvalue weighted by Crippen LogP contribution is 1.90. The highest BCUT2D eigenvalue weighted by molar-refractivity contribution is 6.40. The summed E-state index contributed by atoms with van der Waals surface area (Å²) < 4.78 is 0. The Morgan fingerprint density at radius 1 is 1.54 bits per heavy atom. The zero-order valence-electron chi connectivity index (χ0n) is 6.71. The van der Waals surface area contributed by atoms with Crippen LogP contribution in [0.3, 0.4) is 0 Å². The number of hydrazine groups is 1. The van der Waals surface area contributed by atoms with Crippen LogP contribution in [-0.2, 0) is 0 Å². The molecule has 0 saturated carbocycles. The maximum Gasteiger partial charge on any atom is 0.283 e. The molecule has 0 aliphatic rings. The second-order valence-corrected chi connectivity index (χ2v) is 2.60. The van der Waals surface area contributed by atoms with Crippen LogP contribution >= 0.6 is 23.2 Å². The molecule has 4 nitrogen and oxygen atoms in total. The third-order valence-electron chi connectivity index (χ3n) is 1.03. The minimum absolute atomic E-state index is 0.194. The summed E-state index contributed by atoms with van der Waals surface area (Å²) in [5.41, 5.74) is 2.30. The van der Waals surface area contributed by atoms with Gasteiger partial charge in [0.1, 0.15) is 5.69 Å². The largest absolute Gasteiger partial charge is 0.289 e. The number of pyridine rings is 1. The van der Waals surface area contributed by atoms with Crippen LogP contribution in [0.1, 0.15) is 10.5 Å². The van der Waals surface area contributed by atoms with E-state index in [2.05, 4.69) is 4.98 Å². The van der Waals surface area contributed by atoms with Crippen LogP contribution in [0.25, 0.3) is 0 Å². The highest BCUT2D eigenvalue weighted by atomic mass is 35.5. The lowest BCUT2D eigenvalue weighted by atomic mass is 10.3. The molecule has 0 spiro atoms. The molecule has 0 fully saturated rings. The normalized spacial score (nSPS) is 8.23.